The summed E-state index contributed by atoms with van der Waals surface area (Å²) in [6.07, 6.45) is 0. The Bertz CT molecular complexity index is 4420. The van der Waals surface area contributed by atoms with Crippen molar-refractivity contribution in [3.63, 3.8) is 0 Å². The van der Waals surface area contributed by atoms with Gasteiger partial charge >= 0.3 is 0 Å². The van der Waals surface area contributed by atoms with Crippen molar-refractivity contribution in [2.45, 2.75) is 55.4 Å². The normalized spacial score (nSPS) is 13.3. The van der Waals surface area contributed by atoms with Gasteiger partial charge in [0.05, 0.1) is 0 Å². The minimum Gasteiger partial charge on any atom is -0.311 e. The number of aryl methyl sites for hydroxylation is 8. The molecule has 4 aliphatic heterocycles. The number of fused-ring (bicyclic) bond motifs is 9. The SMILES string of the molecule is Cc1ccc(N2c3ccc(C)cc3B3c4ccccc4N(c4ccc(-c5c(C)ccc6c(-c7ccc(N8c9ccccc9B9c%10cc(C)ccc%10N(c%10ccc(C)cc%10)c%10cc(C)cc8c%109)cc7)c(C)ccc56)cc4)c4cc(C)cc2c43)cc1. The lowest BCUT2D eigenvalue weighted by Gasteiger charge is -2.44. The summed E-state index contributed by atoms with van der Waals surface area (Å²) in [7, 11) is 0. The summed E-state index contributed by atoms with van der Waals surface area (Å²) in [5.74, 6) is 0. The van der Waals surface area contributed by atoms with E-state index in [4.69, 9.17) is 0 Å². The summed E-state index contributed by atoms with van der Waals surface area (Å²) < 4.78 is 0. The van der Waals surface area contributed by atoms with E-state index in [1.165, 1.54) is 167 Å². The van der Waals surface area contributed by atoms with Crippen LogP contribution in [0.25, 0.3) is 33.0 Å². The number of benzene rings is 12. The Kier molecular flexibility index (Phi) is 11.2. The maximum absolute atomic E-state index is 2.52. The molecule has 0 unspecified atom stereocenters. The maximum atomic E-state index is 2.52. The Morgan fingerprint density at radius 1 is 0.238 bits per heavy atom. The van der Waals surface area contributed by atoms with Crippen LogP contribution < -0.4 is 52.4 Å². The van der Waals surface area contributed by atoms with Gasteiger partial charge in [-0.3, -0.25) is 0 Å². The lowest BCUT2D eigenvalue weighted by Crippen LogP contribution is -2.61. The van der Waals surface area contributed by atoms with E-state index in [1.807, 2.05) is 0 Å². The van der Waals surface area contributed by atoms with Crippen molar-refractivity contribution in [1.82, 2.24) is 0 Å². The van der Waals surface area contributed by atoms with Crippen molar-refractivity contribution in [3.05, 3.63) is 275 Å². The van der Waals surface area contributed by atoms with Crippen LogP contribution in [0.1, 0.15) is 44.5 Å². The number of anilines is 12. The molecular weight excluding hydrogens is 1010 g/mol. The van der Waals surface area contributed by atoms with E-state index >= 15 is 0 Å². The number of rotatable bonds is 6. The van der Waals surface area contributed by atoms with Crippen LogP contribution in [0.5, 0.6) is 0 Å². The summed E-state index contributed by atoms with van der Waals surface area (Å²) in [4.78, 5) is 10.0. The molecule has 0 radical (unpaired) electrons. The van der Waals surface area contributed by atoms with Crippen LogP contribution in [0.15, 0.2) is 231 Å². The third-order valence-corrected chi connectivity index (χ3v) is 18.6. The van der Waals surface area contributed by atoms with Crippen LogP contribution in [0.4, 0.5) is 68.2 Å². The highest BCUT2D eigenvalue weighted by molar-refractivity contribution is 7.01. The molecule has 4 nitrogen and oxygen atoms in total. The largest absolute Gasteiger partial charge is 0.311 e. The highest BCUT2D eigenvalue weighted by Crippen LogP contribution is 2.48. The fourth-order valence-electron chi connectivity index (χ4n) is 14.9. The second-order valence-corrected chi connectivity index (χ2v) is 24.3. The quantitative estimate of drug-likeness (QED) is 0.154. The molecule has 84 heavy (non-hydrogen) atoms. The molecule has 12 aromatic carbocycles. The predicted molar refractivity (Wildman–Crippen MR) is 361 cm³/mol. The molecule has 0 aliphatic carbocycles. The second kappa shape index (κ2) is 18.9. The van der Waals surface area contributed by atoms with Crippen molar-refractivity contribution < 1.29 is 0 Å². The van der Waals surface area contributed by atoms with Crippen LogP contribution in [-0.2, 0) is 0 Å². The molecule has 0 fully saturated rings. The maximum Gasteiger partial charge on any atom is 0.252 e. The minimum absolute atomic E-state index is 0.0908. The Balaban J connectivity index is 0.784. The molecule has 0 atom stereocenters. The molecule has 6 heteroatoms. The zero-order valence-electron chi connectivity index (χ0n) is 48.9. The first-order valence-electron chi connectivity index (χ1n) is 29.7. The van der Waals surface area contributed by atoms with Gasteiger partial charge in [0.2, 0.25) is 0 Å². The van der Waals surface area contributed by atoms with Crippen molar-refractivity contribution in [2.75, 3.05) is 19.6 Å². The van der Waals surface area contributed by atoms with Gasteiger partial charge in [0.25, 0.3) is 13.4 Å². The fourth-order valence-corrected chi connectivity index (χ4v) is 14.9. The van der Waals surface area contributed by atoms with E-state index in [-0.39, 0.29) is 13.4 Å². The molecule has 4 aliphatic rings. The average molecular weight is 1080 g/mol. The molecular formula is C78H62B2N4. The van der Waals surface area contributed by atoms with E-state index in [0.29, 0.717) is 0 Å². The van der Waals surface area contributed by atoms with Crippen molar-refractivity contribution >= 4 is 125 Å². The number of para-hydroxylation sites is 2. The lowest BCUT2D eigenvalue weighted by atomic mass is 9.33. The van der Waals surface area contributed by atoms with Gasteiger partial charge in [0, 0.05) is 68.2 Å². The summed E-state index contributed by atoms with van der Waals surface area (Å²) in [5.41, 5.74) is 37.5. The molecule has 0 saturated carbocycles. The first kappa shape index (κ1) is 50.0. The van der Waals surface area contributed by atoms with Gasteiger partial charge < -0.3 is 19.6 Å². The first-order chi connectivity index (χ1) is 40.9. The molecule has 0 amide bonds. The second-order valence-electron chi connectivity index (χ2n) is 24.3. The third-order valence-electron chi connectivity index (χ3n) is 18.6. The van der Waals surface area contributed by atoms with Crippen molar-refractivity contribution in [1.29, 1.82) is 0 Å². The Morgan fingerprint density at radius 2 is 0.548 bits per heavy atom. The average Bonchev–Trinajstić information content (AvgIpc) is 2.27. The highest BCUT2D eigenvalue weighted by atomic mass is 15.2. The zero-order valence-corrected chi connectivity index (χ0v) is 48.9. The van der Waals surface area contributed by atoms with E-state index in [9.17, 15) is 0 Å². The van der Waals surface area contributed by atoms with Crippen LogP contribution in [-0.4, -0.2) is 13.4 Å². The van der Waals surface area contributed by atoms with Gasteiger partial charge in [0.15, 0.2) is 0 Å². The molecule has 0 aromatic heterocycles. The fraction of sp³-hybridized carbons (Fsp3) is 0.103. The molecule has 400 valence electrons. The molecule has 0 N–H and O–H groups in total. The van der Waals surface area contributed by atoms with Gasteiger partial charge in [-0.25, -0.2) is 0 Å². The lowest BCUT2D eigenvalue weighted by molar-refractivity contribution is 1.23. The molecule has 12 aromatic rings. The number of hydrogen-bond acceptors (Lipinski definition) is 4. The Morgan fingerprint density at radius 3 is 0.905 bits per heavy atom. The summed E-state index contributed by atoms with van der Waals surface area (Å²) >= 11 is 0. The molecule has 0 saturated heterocycles. The van der Waals surface area contributed by atoms with E-state index in [2.05, 4.69) is 306 Å². The summed E-state index contributed by atoms with van der Waals surface area (Å²) in [6.45, 7) is 18.0. The van der Waals surface area contributed by atoms with Crippen LogP contribution in [0, 0.1) is 55.4 Å². The number of hydrogen-bond donors (Lipinski definition) is 0. The molecule has 0 spiro atoms. The van der Waals surface area contributed by atoms with Crippen LogP contribution >= 0.6 is 0 Å². The van der Waals surface area contributed by atoms with E-state index in [0.717, 1.165) is 11.4 Å². The monoisotopic (exact) mass is 1080 g/mol. The van der Waals surface area contributed by atoms with Crippen molar-refractivity contribution in [3.8, 4) is 22.3 Å². The molecule has 16 rings (SSSR count). The third kappa shape index (κ3) is 7.56. The first-order valence-corrected chi connectivity index (χ1v) is 29.7. The molecule has 0 bridgehead atoms. The topological polar surface area (TPSA) is 13.0 Å². The number of nitrogens with zero attached hydrogens (tertiary/aromatic N) is 4. The van der Waals surface area contributed by atoms with Gasteiger partial charge in [-0.05, 0) is 241 Å². The van der Waals surface area contributed by atoms with E-state index < -0.39 is 0 Å². The smallest absolute Gasteiger partial charge is 0.252 e. The zero-order chi connectivity index (χ0) is 56.8. The van der Waals surface area contributed by atoms with Gasteiger partial charge in [0.1, 0.15) is 0 Å². The van der Waals surface area contributed by atoms with Gasteiger partial charge in [-0.15, -0.1) is 0 Å². The summed E-state index contributed by atoms with van der Waals surface area (Å²) in [5, 5.41) is 2.51. The van der Waals surface area contributed by atoms with Crippen LogP contribution in [0.3, 0.4) is 0 Å². The minimum atomic E-state index is 0.0908. The standard InChI is InChI=1S/C78H62B2N4/c1-47-17-29-57(30-18-47)83-69-39-21-49(3)41-65(69)79-63-13-9-11-15-67(63)81(71-43-51(5)45-73(83)77(71)79)59-33-25-55(26-34-59)75-53(7)23-38-62-61(75)37-24-54(8)76(62)56-27-35-60(36-28-56)82-68-16-12-10-14-64(68)80-66-42-50(4)22-40-70(66)84(58-31-19-48(2)20-32-58)74-46-52(6)44-72(82)78(74)80/h9-46H,1-8H3. The van der Waals surface area contributed by atoms with E-state index in [1.54, 1.807) is 0 Å². The Labute approximate surface area is 494 Å². The van der Waals surface area contributed by atoms with Crippen LogP contribution in [0.2, 0.25) is 0 Å². The molecule has 4 heterocycles. The predicted octanol–water partition coefficient (Wildman–Crippen LogP) is 16.8. The Hall–Kier alpha value is -9.77. The van der Waals surface area contributed by atoms with Gasteiger partial charge in [-0.2, -0.15) is 0 Å². The van der Waals surface area contributed by atoms with Gasteiger partial charge in [-0.1, -0.05) is 156 Å². The highest BCUT2D eigenvalue weighted by Gasteiger charge is 2.45. The summed E-state index contributed by atoms with van der Waals surface area (Å²) in [6, 6.07) is 88.0. The van der Waals surface area contributed by atoms with Crippen molar-refractivity contribution in [2.24, 2.45) is 0 Å².